The SMILES string of the molecule is COc1ccc(NC2CC(=O)N(c3ccc(C)cc3)C2=O)cc1. The maximum atomic E-state index is 12.5. The number of amides is 2. The van der Waals surface area contributed by atoms with Crippen LogP contribution >= 0.6 is 0 Å². The Morgan fingerprint density at radius 3 is 2.30 bits per heavy atom. The average molecular weight is 310 g/mol. The molecule has 1 heterocycles. The zero-order valence-corrected chi connectivity index (χ0v) is 13.1. The number of hydrogen-bond donors (Lipinski definition) is 1. The van der Waals surface area contributed by atoms with Gasteiger partial charge in [0.25, 0.3) is 5.91 Å². The number of methoxy groups -OCH3 is 1. The van der Waals surface area contributed by atoms with E-state index >= 15 is 0 Å². The summed E-state index contributed by atoms with van der Waals surface area (Å²) >= 11 is 0. The first-order chi connectivity index (χ1) is 11.1. The Kier molecular flexibility index (Phi) is 4.02. The lowest BCUT2D eigenvalue weighted by atomic mass is 10.2. The van der Waals surface area contributed by atoms with E-state index in [-0.39, 0.29) is 18.2 Å². The molecular formula is C18H18N2O3. The lowest BCUT2D eigenvalue weighted by Gasteiger charge is -2.16. The summed E-state index contributed by atoms with van der Waals surface area (Å²) in [5.74, 6) is 0.324. The monoisotopic (exact) mass is 310 g/mol. The minimum atomic E-state index is -0.544. The molecule has 3 rings (SSSR count). The van der Waals surface area contributed by atoms with E-state index in [0.29, 0.717) is 5.69 Å². The van der Waals surface area contributed by atoms with Gasteiger partial charge in [-0.05, 0) is 43.3 Å². The van der Waals surface area contributed by atoms with Crippen molar-refractivity contribution in [3.05, 3.63) is 54.1 Å². The normalized spacial score (nSPS) is 17.5. The topological polar surface area (TPSA) is 58.6 Å². The molecule has 5 heteroatoms. The number of carbonyl (C=O) groups excluding carboxylic acids is 2. The highest BCUT2D eigenvalue weighted by molar-refractivity contribution is 6.23. The average Bonchev–Trinajstić information content (AvgIpc) is 2.83. The van der Waals surface area contributed by atoms with Crippen LogP contribution in [0.5, 0.6) is 5.75 Å². The van der Waals surface area contributed by atoms with Crippen molar-refractivity contribution in [3.63, 3.8) is 0 Å². The van der Waals surface area contributed by atoms with Crippen molar-refractivity contribution in [2.75, 3.05) is 17.3 Å². The van der Waals surface area contributed by atoms with Gasteiger partial charge in [-0.3, -0.25) is 9.59 Å². The standard InChI is InChI=1S/C18H18N2O3/c1-12-3-7-14(8-4-12)20-17(21)11-16(18(20)22)19-13-5-9-15(23-2)10-6-13/h3-10,16,19H,11H2,1-2H3. The number of carbonyl (C=O) groups is 2. The van der Waals surface area contributed by atoms with Crippen molar-refractivity contribution in [1.82, 2.24) is 0 Å². The zero-order chi connectivity index (χ0) is 16.4. The molecule has 5 nitrogen and oxygen atoms in total. The third kappa shape index (κ3) is 3.04. The van der Waals surface area contributed by atoms with Gasteiger partial charge in [-0.15, -0.1) is 0 Å². The summed E-state index contributed by atoms with van der Waals surface area (Å²) in [6, 6.07) is 14.1. The molecule has 1 aliphatic rings. The molecule has 0 spiro atoms. The van der Waals surface area contributed by atoms with Gasteiger partial charge in [0.15, 0.2) is 0 Å². The highest BCUT2D eigenvalue weighted by Gasteiger charge is 2.39. The molecule has 0 saturated carbocycles. The fraction of sp³-hybridized carbons (Fsp3) is 0.222. The fourth-order valence-corrected chi connectivity index (χ4v) is 2.60. The van der Waals surface area contributed by atoms with E-state index in [1.165, 1.54) is 4.90 Å². The number of hydrogen-bond acceptors (Lipinski definition) is 4. The van der Waals surface area contributed by atoms with E-state index in [0.717, 1.165) is 17.0 Å². The predicted octanol–water partition coefficient (Wildman–Crippen LogP) is 2.75. The number of anilines is 2. The minimum Gasteiger partial charge on any atom is -0.497 e. The number of imide groups is 1. The summed E-state index contributed by atoms with van der Waals surface area (Å²) in [5.41, 5.74) is 2.48. The first kappa shape index (κ1) is 15.1. The van der Waals surface area contributed by atoms with E-state index < -0.39 is 6.04 Å². The van der Waals surface area contributed by atoms with E-state index in [9.17, 15) is 9.59 Å². The van der Waals surface area contributed by atoms with Crippen LogP contribution in [0.4, 0.5) is 11.4 Å². The number of aryl methyl sites for hydroxylation is 1. The molecule has 0 aromatic heterocycles. The summed E-state index contributed by atoms with van der Waals surface area (Å²) < 4.78 is 5.10. The Balaban J connectivity index is 1.76. The second-order valence-electron chi connectivity index (χ2n) is 5.53. The molecule has 0 radical (unpaired) electrons. The molecule has 1 atom stereocenters. The second-order valence-corrected chi connectivity index (χ2v) is 5.53. The van der Waals surface area contributed by atoms with Gasteiger partial charge in [-0.1, -0.05) is 17.7 Å². The molecule has 2 aromatic rings. The molecule has 1 saturated heterocycles. The van der Waals surface area contributed by atoms with Gasteiger partial charge in [-0.2, -0.15) is 0 Å². The molecule has 0 aliphatic carbocycles. The first-order valence-electron chi connectivity index (χ1n) is 7.42. The van der Waals surface area contributed by atoms with Crippen LogP contribution in [0.3, 0.4) is 0 Å². The Bertz CT molecular complexity index is 723. The van der Waals surface area contributed by atoms with Crippen LogP contribution in [0.25, 0.3) is 0 Å². The van der Waals surface area contributed by atoms with Crippen LogP contribution in [0.2, 0.25) is 0 Å². The van der Waals surface area contributed by atoms with Crippen molar-refractivity contribution in [1.29, 1.82) is 0 Å². The molecular weight excluding hydrogens is 292 g/mol. The number of nitrogens with zero attached hydrogens (tertiary/aromatic N) is 1. The van der Waals surface area contributed by atoms with E-state index in [2.05, 4.69) is 5.32 Å². The van der Waals surface area contributed by atoms with Gasteiger partial charge in [0, 0.05) is 5.69 Å². The lowest BCUT2D eigenvalue weighted by molar-refractivity contribution is -0.121. The highest BCUT2D eigenvalue weighted by Crippen LogP contribution is 2.25. The Morgan fingerprint density at radius 2 is 1.70 bits per heavy atom. The van der Waals surface area contributed by atoms with Crippen LogP contribution in [0.15, 0.2) is 48.5 Å². The Hall–Kier alpha value is -2.82. The molecule has 118 valence electrons. The van der Waals surface area contributed by atoms with Crippen molar-refractivity contribution in [3.8, 4) is 5.75 Å². The van der Waals surface area contributed by atoms with Gasteiger partial charge in [0.1, 0.15) is 11.8 Å². The molecule has 1 N–H and O–H groups in total. The van der Waals surface area contributed by atoms with Gasteiger partial charge in [-0.25, -0.2) is 4.90 Å². The van der Waals surface area contributed by atoms with E-state index in [1.807, 2.05) is 31.2 Å². The van der Waals surface area contributed by atoms with Crippen LogP contribution in [-0.4, -0.2) is 25.0 Å². The zero-order valence-electron chi connectivity index (χ0n) is 13.1. The summed E-state index contributed by atoms with van der Waals surface area (Å²) in [7, 11) is 1.60. The molecule has 2 aromatic carbocycles. The van der Waals surface area contributed by atoms with Crippen LogP contribution < -0.4 is 15.0 Å². The molecule has 1 fully saturated rings. The van der Waals surface area contributed by atoms with Crippen molar-refractivity contribution >= 4 is 23.2 Å². The van der Waals surface area contributed by atoms with Crippen LogP contribution in [-0.2, 0) is 9.59 Å². The number of rotatable bonds is 4. The predicted molar refractivity (Wildman–Crippen MR) is 88.7 cm³/mol. The largest absolute Gasteiger partial charge is 0.497 e. The van der Waals surface area contributed by atoms with Gasteiger partial charge < -0.3 is 10.1 Å². The third-order valence-corrected chi connectivity index (χ3v) is 3.87. The molecule has 23 heavy (non-hydrogen) atoms. The van der Waals surface area contributed by atoms with E-state index in [4.69, 9.17) is 4.74 Å². The Labute approximate surface area is 134 Å². The van der Waals surface area contributed by atoms with Crippen molar-refractivity contribution < 1.29 is 14.3 Å². The smallest absolute Gasteiger partial charge is 0.256 e. The van der Waals surface area contributed by atoms with Gasteiger partial charge >= 0.3 is 0 Å². The van der Waals surface area contributed by atoms with Crippen molar-refractivity contribution in [2.45, 2.75) is 19.4 Å². The molecule has 1 aliphatic heterocycles. The van der Waals surface area contributed by atoms with Gasteiger partial charge in [0.05, 0.1) is 19.2 Å². The lowest BCUT2D eigenvalue weighted by Crippen LogP contribution is -2.34. The molecule has 1 unspecified atom stereocenters. The fourth-order valence-electron chi connectivity index (χ4n) is 2.60. The second kappa shape index (κ2) is 6.12. The third-order valence-electron chi connectivity index (χ3n) is 3.87. The van der Waals surface area contributed by atoms with Crippen LogP contribution in [0.1, 0.15) is 12.0 Å². The van der Waals surface area contributed by atoms with E-state index in [1.54, 1.807) is 31.4 Å². The van der Waals surface area contributed by atoms with Crippen LogP contribution in [0, 0.1) is 6.92 Å². The summed E-state index contributed by atoms with van der Waals surface area (Å²) in [5, 5.41) is 3.12. The minimum absolute atomic E-state index is 0.152. The molecule has 2 amide bonds. The number of ether oxygens (including phenoxy) is 1. The summed E-state index contributed by atoms with van der Waals surface area (Å²) in [6.45, 7) is 1.96. The highest BCUT2D eigenvalue weighted by atomic mass is 16.5. The van der Waals surface area contributed by atoms with Crippen molar-refractivity contribution in [2.24, 2.45) is 0 Å². The quantitative estimate of drug-likeness (QED) is 0.882. The maximum absolute atomic E-state index is 12.5. The summed E-state index contributed by atoms with van der Waals surface area (Å²) in [6.07, 6.45) is 0.152. The molecule has 0 bridgehead atoms. The maximum Gasteiger partial charge on any atom is 0.256 e. The number of benzene rings is 2. The van der Waals surface area contributed by atoms with Gasteiger partial charge in [0.2, 0.25) is 5.91 Å². The first-order valence-corrected chi connectivity index (χ1v) is 7.42. The number of nitrogens with one attached hydrogen (secondary N) is 1. The summed E-state index contributed by atoms with van der Waals surface area (Å²) in [4.78, 5) is 26.0. The Morgan fingerprint density at radius 1 is 1.04 bits per heavy atom.